The smallest absolute Gasteiger partial charge is 0.247 e. The van der Waals surface area contributed by atoms with Crippen LogP contribution in [0.15, 0.2) is 73.6 Å². The van der Waals surface area contributed by atoms with E-state index in [4.69, 9.17) is 9.47 Å². The molecule has 3 aromatic carbocycles. The van der Waals surface area contributed by atoms with Crippen LogP contribution < -0.4 is 15.4 Å². The lowest BCUT2D eigenvalue weighted by Gasteiger charge is -2.26. The maximum Gasteiger partial charge on any atom is 0.247 e. The Morgan fingerprint density at radius 2 is 1.85 bits per heavy atom. The first-order valence-corrected chi connectivity index (χ1v) is 13.0. The van der Waals surface area contributed by atoms with Crippen molar-refractivity contribution >= 4 is 34.0 Å². The van der Waals surface area contributed by atoms with Crippen LogP contribution in [0.25, 0.3) is 22.0 Å². The molecule has 0 unspecified atom stereocenters. The van der Waals surface area contributed by atoms with E-state index in [9.17, 15) is 13.6 Å². The van der Waals surface area contributed by atoms with Crippen molar-refractivity contribution in [2.24, 2.45) is 0 Å². The van der Waals surface area contributed by atoms with Crippen molar-refractivity contribution in [2.75, 3.05) is 50.1 Å². The predicted octanol–water partition coefficient (Wildman–Crippen LogP) is 5.54. The van der Waals surface area contributed by atoms with E-state index < -0.39 is 11.6 Å². The van der Waals surface area contributed by atoms with E-state index in [1.54, 1.807) is 36.4 Å². The highest BCUT2D eigenvalue weighted by molar-refractivity contribution is 6.03. The van der Waals surface area contributed by atoms with Crippen molar-refractivity contribution < 1.29 is 23.0 Å². The first-order valence-electron chi connectivity index (χ1n) is 13.0. The highest BCUT2D eigenvalue weighted by Gasteiger charge is 2.15. The first-order chi connectivity index (χ1) is 19.5. The lowest BCUT2D eigenvalue weighted by molar-refractivity contribution is -0.111. The molecule has 8 nitrogen and oxygen atoms in total. The molecular weight excluding hydrogens is 516 g/mol. The highest BCUT2D eigenvalue weighted by atomic mass is 19.1. The number of hydrogen-bond donors (Lipinski definition) is 2. The van der Waals surface area contributed by atoms with E-state index >= 15 is 0 Å². The van der Waals surface area contributed by atoms with Gasteiger partial charge in [-0.3, -0.25) is 9.69 Å². The van der Waals surface area contributed by atoms with Crippen LogP contribution in [0.3, 0.4) is 0 Å². The summed E-state index contributed by atoms with van der Waals surface area (Å²) in [7, 11) is 0. The van der Waals surface area contributed by atoms with Crippen LogP contribution in [0.4, 0.5) is 26.0 Å². The number of fused-ring (bicyclic) bond motifs is 1. The number of benzene rings is 3. The molecule has 1 aliphatic heterocycles. The summed E-state index contributed by atoms with van der Waals surface area (Å²) in [6.45, 7) is 8.16. The molecule has 0 aliphatic carbocycles. The molecule has 1 fully saturated rings. The van der Waals surface area contributed by atoms with Crippen molar-refractivity contribution in [3.8, 4) is 16.9 Å². The summed E-state index contributed by atoms with van der Waals surface area (Å²) in [5.74, 6) is -0.756. The van der Waals surface area contributed by atoms with Gasteiger partial charge in [-0.15, -0.1) is 0 Å². The molecule has 1 saturated heterocycles. The quantitative estimate of drug-likeness (QED) is 0.200. The van der Waals surface area contributed by atoms with E-state index in [-0.39, 0.29) is 11.5 Å². The summed E-state index contributed by atoms with van der Waals surface area (Å²) < 4.78 is 40.2. The van der Waals surface area contributed by atoms with Gasteiger partial charge in [0.05, 0.1) is 36.6 Å². The van der Waals surface area contributed by atoms with Gasteiger partial charge in [0.1, 0.15) is 29.5 Å². The summed E-state index contributed by atoms with van der Waals surface area (Å²) >= 11 is 0. The van der Waals surface area contributed by atoms with Gasteiger partial charge in [-0.2, -0.15) is 0 Å². The molecule has 2 heterocycles. The summed E-state index contributed by atoms with van der Waals surface area (Å²) in [5.41, 5.74) is 1.88. The molecule has 0 spiro atoms. The monoisotopic (exact) mass is 545 g/mol. The average molecular weight is 546 g/mol. The number of carbonyl (C=O) groups excluding carboxylic acids is 1. The number of ether oxygens (including phenoxy) is 2. The fourth-order valence-electron chi connectivity index (χ4n) is 4.54. The molecular formula is C30H29F2N5O3. The molecule has 0 saturated carbocycles. The van der Waals surface area contributed by atoms with Crippen LogP contribution in [0.5, 0.6) is 5.75 Å². The third kappa shape index (κ3) is 6.41. The standard InChI is InChI=1S/C30H29F2N5O3/c1-2-28(38)36-26-17-22-25(18-27(26)40-13-5-10-37-11-14-39-15-12-37)33-19-34-30(22)35-21-7-3-6-20(16-21)29-23(31)8-4-9-24(29)32/h2-4,6-9,16-19H,1,5,10-15H2,(H,36,38)(H,33,34,35). The molecule has 2 N–H and O–H groups in total. The zero-order chi connectivity index (χ0) is 27.9. The Kier molecular flexibility index (Phi) is 8.58. The fraction of sp³-hybridized carbons (Fsp3) is 0.233. The molecule has 1 aliphatic rings. The Morgan fingerprint density at radius 3 is 2.62 bits per heavy atom. The van der Waals surface area contributed by atoms with Gasteiger partial charge in [-0.25, -0.2) is 18.7 Å². The van der Waals surface area contributed by atoms with Crippen molar-refractivity contribution in [1.29, 1.82) is 0 Å². The van der Waals surface area contributed by atoms with Gasteiger partial charge in [0.15, 0.2) is 0 Å². The lowest BCUT2D eigenvalue weighted by Crippen LogP contribution is -2.37. The Balaban J connectivity index is 1.40. The van der Waals surface area contributed by atoms with Crippen LogP contribution in [0, 0.1) is 11.6 Å². The van der Waals surface area contributed by atoms with Gasteiger partial charge in [0.2, 0.25) is 5.91 Å². The third-order valence-electron chi connectivity index (χ3n) is 6.54. The average Bonchev–Trinajstić information content (AvgIpc) is 2.96. The molecule has 1 amide bonds. The second kappa shape index (κ2) is 12.6. The fourth-order valence-corrected chi connectivity index (χ4v) is 4.54. The number of halogens is 2. The largest absolute Gasteiger partial charge is 0.491 e. The van der Waals surface area contributed by atoms with E-state index in [1.807, 2.05) is 0 Å². The van der Waals surface area contributed by atoms with E-state index in [0.29, 0.717) is 46.0 Å². The molecule has 1 aromatic heterocycles. The van der Waals surface area contributed by atoms with Crippen molar-refractivity contribution in [2.45, 2.75) is 6.42 Å². The Labute approximate surface area is 230 Å². The second-order valence-corrected chi connectivity index (χ2v) is 9.24. The number of amides is 1. The van der Waals surface area contributed by atoms with Gasteiger partial charge in [0.25, 0.3) is 0 Å². The maximum atomic E-state index is 14.4. The molecule has 206 valence electrons. The number of carbonyl (C=O) groups is 1. The zero-order valence-corrected chi connectivity index (χ0v) is 21.8. The zero-order valence-electron chi connectivity index (χ0n) is 21.8. The van der Waals surface area contributed by atoms with Crippen LogP contribution in [0.1, 0.15) is 6.42 Å². The van der Waals surface area contributed by atoms with Crippen molar-refractivity contribution in [3.63, 3.8) is 0 Å². The van der Waals surface area contributed by atoms with E-state index in [2.05, 4.69) is 32.1 Å². The molecule has 5 rings (SSSR count). The first kappa shape index (κ1) is 27.2. The minimum absolute atomic E-state index is 0.108. The lowest BCUT2D eigenvalue weighted by atomic mass is 10.0. The summed E-state index contributed by atoms with van der Waals surface area (Å²) in [6, 6.07) is 14.0. The number of rotatable bonds is 10. The highest BCUT2D eigenvalue weighted by Crippen LogP contribution is 2.34. The third-order valence-corrected chi connectivity index (χ3v) is 6.54. The van der Waals surface area contributed by atoms with Gasteiger partial charge >= 0.3 is 0 Å². The topological polar surface area (TPSA) is 88.6 Å². The molecule has 0 bridgehead atoms. The number of anilines is 3. The number of hydrogen-bond acceptors (Lipinski definition) is 7. The molecule has 4 aromatic rings. The Bertz CT molecular complexity index is 1500. The SMILES string of the molecule is C=CC(=O)Nc1cc2c(Nc3cccc(-c4c(F)cccc4F)c3)ncnc2cc1OCCCN1CCOCC1. The van der Waals surface area contributed by atoms with Crippen molar-refractivity contribution in [1.82, 2.24) is 14.9 Å². The molecule has 10 heteroatoms. The Hall–Kier alpha value is -4.41. The van der Waals surface area contributed by atoms with Crippen LogP contribution in [0.2, 0.25) is 0 Å². The number of nitrogens with one attached hydrogen (secondary N) is 2. The summed E-state index contributed by atoms with van der Waals surface area (Å²) in [5, 5.41) is 6.63. The van der Waals surface area contributed by atoms with E-state index in [1.165, 1.54) is 30.6 Å². The number of nitrogens with zero attached hydrogens (tertiary/aromatic N) is 3. The number of aromatic nitrogens is 2. The minimum Gasteiger partial charge on any atom is -0.491 e. The van der Waals surface area contributed by atoms with Crippen LogP contribution in [-0.2, 0) is 9.53 Å². The normalized spacial score (nSPS) is 13.7. The molecule has 40 heavy (non-hydrogen) atoms. The second-order valence-electron chi connectivity index (χ2n) is 9.24. The van der Waals surface area contributed by atoms with Crippen LogP contribution >= 0.6 is 0 Å². The maximum absolute atomic E-state index is 14.4. The minimum atomic E-state index is -0.648. The van der Waals surface area contributed by atoms with Gasteiger partial charge < -0.3 is 20.1 Å². The predicted molar refractivity (Wildman–Crippen MR) is 151 cm³/mol. The van der Waals surface area contributed by atoms with Gasteiger partial charge in [-0.1, -0.05) is 24.8 Å². The van der Waals surface area contributed by atoms with Gasteiger partial charge in [0, 0.05) is 36.8 Å². The van der Waals surface area contributed by atoms with Crippen LogP contribution in [-0.4, -0.2) is 60.2 Å². The van der Waals surface area contributed by atoms with E-state index in [0.717, 1.165) is 39.3 Å². The Morgan fingerprint density at radius 1 is 1.07 bits per heavy atom. The summed E-state index contributed by atoms with van der Waals surface area (Å²) in [4.78, 5) is 23.3. The molecule has 0 atom stereocenters. The summed E-state index contributed by atoms with van der Waals surface area (Å²) in [6.07, 6.45) is 3.40. The molecule has 0 radical (unpaired) electrons. The van der Waals surface area contributed by atoms with Crippen molar-refractivity contribution in [3.05, 3.63) is 85.2 Å². The van der Waals surface area contributed by atoms with Gasteiger partial charge in [-0.05, 0) is 48.4 Å². The number of morpholine rings is 1.